The highest BCUT2D eigenvalue weighted by molar-refractivity contribution is 5.74. The van der Waals surface area contributed by atoms with Crippen LogP contribution < -0.4 is 5.73 Å². The van der Waals surface area contributed by atoms with Gasteiger partial charge < -0.3 is 15.4 Å². The highest BCUT2D eigenvalue weighted by atomic mass is 16.5. The maximum absolute atomic E-state index is 7.33. The van der Waals surface area contributed by atoms with E-state index in [1.807, 2.05) is 4.90 Å². The van der Waals surface area contributed by atoms with Gasteiger partial charge in [-0.1, -0.05) is 0 Å². The van der Waals surface area contributed by atoms with Gasteiger partial charge >= 0.3 is 0 Å². The molecular weight excluding hydrogens is 204 g/mol. The number of guanidine groups is 1. The second-order valence-corrected chi connectivity index (χ2v) is 4.49. The van der Waals surface area contributed by atoms with Crippen molar-refractivity contribution in [1.29, 1.82) is 5.41 Å². The zero-order valence-corrected chi connectivity index (χ0v) is 10.4. The summed E-state index contributed by atoms with van der Waals surface area (Å²) in [5, 5.41) is 7.33. The van der Waals surface area contributed by atoms with Gasteiger partial charge in [0, 0.05) is 39.3 Å². The maximum atomic E-state index is 7.33. The Morgan fingerprint density at radius 2 is 1.94 bits per heavy atom. The van der Waals surface area contributed by atoms with E-state index < -0.39 is 0 Å². The molecule has 1 aliphatic heterocycles. The van der Waals surface area contributed by atoms with E-state index in [-0.39, 0.29) is 5.96 Å². The molecule has 1 heterocycles. The molecule has 16 heavy (non-hydrogen) atoms. The van der Waals surface area contributed by atoms with Gasteiger partial charge in [0.1, 0.15) is 0 Å². The van der Waals surface area contributed by atoms with E-state index in [0.29, 0.717) is 6.10 Å². The van der Waals surface area contributed by atoms with Crippen LogP contribution in [0.3, 0.4) is 0 Å². The van der Waals surface area contributed by atoms with Crippen molar-refractivity contribution >= 4 is 5.96 Å². The summed E-state index contributed by atoms with van der Waals surface area (Å²) >= 11 is 0. The third-order valence-corrected chi connectivity index (χ3v) is 2.78. The van der Waals surface area contributed by atoms with Crippen LogP contribution in [0.25, 0.3) is 0 Å². The van der Waals surface area contributed by atoms with Crippen molar-refractivity contribution in [2.24, 2.45) is 5.73 Å². The summed E-state index contributed by atoms with van der Waals surface area (Å²) in [4.78, 5) is 4.32. The summed E-state index contributed by atoms with van der Waals surface area (Å²) in [5.74, 6) is 0.197. The Balaban J connectivity index is 2.06. The van der Waals surface area contributed by atoms with Gasteiger partial charge in [0.15, 0.2) is 5.96 Å². The van der Waals surface area contributed by atoms with Crippen molar-refractivity contribution in [3.05, 3.63) is 0 Å². The smallest absolute Gasteiger partial charge is 0.188 e. The zero-order valence-electron chi connectivity index (χ0n) is 10.4. The Morgan fingerprint density at radius 3 is 2.44 bits per heavy atom. The van der Waals surface area contributed by atoms with Crippen LogP contribution in [-0.4, -0.2) is 61.2 Å². The first kappa shape index (κ1) is 13.3. The van der Waals surface area contributed by atoms with Gasteiger partial charge in [-0.15, -0.1) is 0 Å². The second kappa shape index (κ2) is 6.70. The number of ether oxygens (including phenoxy) is 1. The number of rotatable bonds is 5. The Bertz CT molecular complexity index is 212. The van der Waals surface area contributed by atoms with E-state index >= 15 is 0 Å². The number of hydrogen-bond donors (Lipinski definition) is 2. The van der Waals surface area contributed by atoms with Gasteiger partial charge in [-0.25, -0.2) is 0 Å². The lowest BCUT2D eigenvalue weighted by molar-refractivity contribution is 0.0672. The highest BCUT2D eigenvalue weighted by Crippen LogP contribution is 2.02. The Kier molecular flexibility index (Phi) is 5.55. The predicted octanol–water partition coefficient (Wildman–Crippen LogP) is 0.313. The summed E-state index contributed by atoms with van der Waals surface area (Å²) in [6.07, 6.45) is 1.41. The lowest BCUT2D eigenvalue weighted by atomic mass is 10.3. The summed E-state index contributed by atoms with van der Waals surface area (Å²) in [6.45, 7) is 9.80. The summed E-state index contributed by atoms with van der Waals surface area (Å²) in [5.41, 5.74) is 5.44. The molecule has 1 aliphatic rings. The molecule has 0 bridgehead atoms. The lowest BCUT2D eigenvalue weighted by Crippen LogP contribution is -2.50. The molecule has 0 aromatic carbocycles. The molecular formula is C11H24N4O. The van der Waals surface area contributed by atoms with Gasteiger partial charge in [-0.2, -0.15) is 0 Å². The maximum Gasteiger partial charge on any atom is 0.188 e. The quantitative estimate of drug-likeness (QED) is 0.404. The largest absolute Gasteiger partial charge is 0.379 e. The molecule has 0 unspecified atom stereocenters. The van der Waals surface area contributed by atoms with Crippen LogP contribution in [0, 0.1) is 5.41 Å². The van der Waals surface area contributed by atoms with Crippen molar-refractivity contribution in [1.82, 2.24) is 9.80 Å². The van der Waals surface area contributed by atoms with Crippen LogP contribution in [0.4, 0.5) is 0 Å². The van der Waals surface area contributed by atoms with E-state index in [0.717, 1.165) is 45.8 Å². The number of piperazine rings is 1. The molecule has 3 N–H and O–H groups in total. The Labute approximate surface area is 98.0 Å². The third kappa shape index (κ3) is 4.81. The third-order valence-electron chi connectivity index (χ3n) is 2.78. The molecule has 0 aliphatic carbocycles. The fraction of sp³-hybridized carbons (Fsp3) is 0.909. The monoisotopic (exact) mass is 228 g/mol. The van der Waals surface area contributed by atoms with Crippen LogP contribution in [0.1, 0.15) is 20.3 Å². The fourth-order valence-electron chi connectivity index (χ4n) is 1.82. The lowest BCUT2D eigenvalue weighted by Gasteiger charge is -2.34. The molecule has 1 fully saturated rings. The molecule has 1 rings (SSSR count). The molecule has 0 saturated carbocycles. The first-order valence-electron chi connectivity index (χ1n) is 6.02. The van der Waals surface area contributed by atoms with Gasteiger partial charge in [-0.3, -0.25) is 10.3 Å². The average molecular weight is 228 g/mol. The van der Waals surface area contributed by atoms with Crippen LogP contribution in [0.2, 0.25) is 0 Å². The minimum atomic E-state index is 0.197. The molecule has 5 heteroatoms. The van der Waals surface area contributed by atoms with E-state index in [1.54, 1.807) is 0 Å². The molecule has 0 spiro atoms. The Morgan fingerprint density at radius 1 is 1.31 bits per heavy atom. The molecule has 0 aromatic heterocycles. The molecule has 94 valence electrons. The number of nitrogens with two attached hydrogens (primary N) is 1. The molecule has 0 atom stereocenters. The molecule has 5 nitrogen and oxygen atoms in total. The van der Waals surface area contributed by atoms with E-state index in [2.05, 4.69) is 18.7 Å². The van der Waals surface area contributed by atoms with Crippen LogP contribution in [-0.2, 0) is 4.74 Å². The first-order chi connectivity index (χ1) is 7.59. The molecule has 0 radical (unpaired) electrons. The van der Waals surface area contributed by atoms with Gasteiger partial charge in [0.2, 0.25) is 0 Å². The topological polar surface area (TPSA) is 65.6 Å². The van der Waals surface area contributed by atoms with Gasteiger partial charge in [0.05, 0.1) is 6.10 Å². The van der Waals surface area contributed by atoms with Gasteiger partial charge in [-0.05, 0) is 20.3 Å². The van der Waals surface area contributed by atoms with Crippen molar-refractivity contribution in [3.63, 3.8) is 0 Å². The standard InChI is InChI=1S/C11H24N4O/c1-10(2)16-9-3-4-14-5-7-15(8-6-14)11(12)13/h10H,3-9H2,1-2H3,(H3,12,13). The van der Waals surface area contributed by atoms with Crippen LogP contribution in [0.15, 0.2) is 0 Å². The fourth-order valence-corrected chi connectivity index (χ4v) is 1.82. The SMILES string of the molecule is CC(C)OCCCN1CCN(C(=N)N)CC1. The molecule has 0 amide bonds. The summed E-state index contributed by atoms with van der Waals surface area (Å²) in [6, 6.07) is 0. The Hall–Kier alpha value is -0.810. The molecule has 1 saturated heterocycles. The first-order valence-corrected chi connectivity index (χ1v) is 6.02. The predicted molar refractivity (Wildman–Crippen MR) is 65.6 cm³/mol. The number of nitrogens with zero attached hydrogens (tertiary/aromatic N) is 2. The normalized spacial score (nSPS) is 18.1. The van der Waals surface area contributed by atoms with E-state index in [1.165, 1.54) is 0 Å². The van der Waals surface area contributed by atoms with Crippen molar-refractivity contribution in [3.8, 4) is 0 Å². The van der Waals surface area contributed by atoms with Gasteiger partial charge in [0.25, 0.3) is 0 Å². The van der Waals surface area contributed by atoms with E-state index in [4.69, 9.17) is 15.9 Å². The highest BCUT2D eigenvalue weighted by Gasteiger charge is 2.16. The second-order valence-electron chi connectivity index (χ2n) is 4.49. The minimum Gasteiger partial charge on any atom is -0.379 e. The van der Waals surface area contributed by atoms with Crippen molar-refractivity contribution in [2.75, 3.05) is 39.3 Å². The van der Waals surface area contributed by atoms with Crippen LogP contribution in [0.5, 0.6) is 0 Å². The molecule has 0 aromatic rings. The summed E-state index contributed by atoms with van der Waals surface area (Å²) in [7, 11) is 0. The van der Waals surface area contributed by atoms with E-state index in [9.17, 15) is 0 Å². The minimum absolute atomic E-state index is 0.197. The van der Waals surface area contributed by atoms with Crippen LogP contribution >= 0.6 is 0 Å². The number of nitrogens with one attached hydrogen (secondary N) is 1. The van der Waals surface area contributed by atoms with Crippen molar-refractivity contribution < 1.29 is 4.74 Å². The number of hydrogen-bond acceptors (Lipinski definition) is 3. The van der Waals surface area contributed by atoms with Crippen molar-refractivity contribution in [2.45, 2.75) is 26.4 Å². The summed E-state index contributed by atoms with van der Waals surface area (Å²) < 4.78 is 5.50. The zero-order chi connectivity index (χ0) is 12.0. The average Bonchev–Trinajstić information content (AvgIpc) is 2.25.